The zero-order chi connectivity index (χ0) is 14.9. The molecule has 0 aromatic heterocycles. The van der Waals surface area contributed by atoms with E-state index in [9.17, 15) is 8.42 Å². The molecule has 0 aliphatic carbocycles. The summed E-state index contributed by atoms with van der Waals surface area (Å²) in [5.74, 6) is 0.0166. The minimum absolute atomic E-state index is 0.00195. The van der Waals surface area contributed by atoms with Gasteiger partial charge in [0.2, 0.25) is 0 Å². The number of halogens is 4. The van der Waals surface area contributed by atoms with Crippen molar-refractivity contribution in [2.24, 2.45) is 0 Å². The average molecular weight is 461 g/mol. The molecular weight excluding hydrogens is 455 g/mol. The van der Waals surface area contributed by atoms with Crippen molar-refractivity contribution < 1.29 is 12.6 Å². The van der Waals surface area contributed by atoms with Crippen LogP contribution in [0.15, 0.2) is 50.2 Å². The van der Waals surface area contributed by atoms with Gasteiger partial charge in [-0.2, -0.15) is 8.42 Å². The Morgan fingerprint density at radius 2 is 1.70 bits per heavy atom. The molecule has 2 aromatic carbocycles. The number of rotatable bonds is 3. The Bertz CT molecular complexity index is 763. The van der Waals surface area contributed by atoms with Crippen molar-refractivity contribution in [2.45, 2.75) is 4.90 Å². The van der Waals surface area contributed by atoms with E-state index in [-0.39, 0.29) is 15.7 Å². The predicted molar refractivity (Wildman–Crippen MR) is 86.1 cm³/mol. The molecule has 8 heteroatoms. The summed E-state index contributed by atoms with van der Waals surface area (Å²) >= 11 is 18.0. The fraction of sp³-hybridized carbons (Fsp3) is 0. The molecule has 0 heterocycles. The second-order valence-electron chi connectivity index (χ2n) is 3.69. The lowest BCUT2D eigenvalue weighted by Gasteiger charge is -2.10. The first-order chi connectivity index (χ1) is 9.29. The Morgan fingerprint density at radius 1 is 1.00 bits per heavy atom. The Morgan fingerprint density at radius 3 is 2.35 bits per heavy atom. The average Bonchev–Trinajstić information content (AvgIpc) is 2.35. The quantitative estimate of drug-likeness (QED) is 0.585. The van der Waals surface area contributed by atoms with Gasteiger partial charge < -0.3 is 4.18 Å². The summed E-state index contributed by atoms with van der Waals surface area (Å²) < 4.78 is 30.5. The predicted octanol–water partition coefficient (Wildman–Crippen LogP) is 5.29. The summed E-state index contributed by atoms with van der Waals surface area (Å²) in [7, 11) is -4.01. The summed E-state index contributed by atoms with van der Waals surface area (Å²) in [6.45, 7) is 0. The van der Waals surface area contributed by atoms with Gasteiger partial charge in [0.15, 0.2) is 5.75 Å². The lowest BCUT2D eigenvalue weighted by Crippen LogP contribution is -2.10. The molecule has 3 nitrogen and oxygen atoms in total. The van der Waals surface area contributed by atoms with Crippen LogP contribution in [0.4, 0.5) is 0 Å². The van der Waals surface area contributed by atoms with Crippen LogP contribution in [0.5, 0.6) is 5.75 Å². The van der Waals surface area contributed by atoms with Crippen LogP contribution in [-0.4, -0.2) is 8.42 Å². The molecule has 0 unspecified atom stereocenters. The number of hydrogen-bond donors (Lipinski definition) is 0. The zero-order valence-electron chi connectivity index (χ0n) is 9.61. The lowest BCUT2D eigenvalue weighted by molar-refractivity contribution is 0.485. The van der Waals surface area contributed by atoms with Crippen molar-refractivity contribution in [3.63, 3.8) is 0 Å². The van der Waals surface area contributed by atoms with Crippen LogP contribution >= 0.6 is 55.1 Å². The molecule has 2 rings (SSSR count). The molecule has 0 aliphatic rings. The molecule has 0 spiro atoms. The molecule has 0 fully saturated rings. The van der Waals surface area contributed by atoms with Crippen LogP contribution in [0.25, 0.3) is 0 Å². The van der Waals surface area contributed by atoms with Gasteiger partial charge in [-0.1, -0.05) is 39.1 Å². The normalized spacial score (nSPS) is 11.4. The minimum atomic E-state index is -4.01. The first-order valence-corrected chi connectivity index (χ1v) is 8.89. The van der Waals surface area contributed by atoms with E-state index in [1.54, 1.807) is 12.1 Å². The Hall–Kier alpha value is -0.270. The van der Waals surface area contributed by atoms with Gasteiger partial charge in [0.05, 0.1) is 5.02 Å². The van der Waals surface area contributed by atoms with E-state index >= 15 is 0 Å². The Kier molecular flexibility index (Phi) is 5.02. The van der Waals surface area contributed by atoms with Gasteiger partial charge in [-0.05, 0) is 52.3 Å². The maximum atomic E-state index is 12.2. The fourth-order valence-corrected chi connectivity index (χ4v) is 4.27. The third-order valence-corrected chi connectivity index (χ3v) is 5.51. The molecular formula is C12H6Br2Cl2O3S. The van der Waals surface area contributed by atoms with Gasteiger partial charge in [-0.3, -0.25) is 0 Å². The Balaban J connectivity index is 2.43. The minimum Gasteiger partial charge on any atom is -0.377 e. The van der Waals surface area contributed by atoms with Gasteiger partial charge in [-0.25, -0.2) is 0 Å². The van der Waals surface area contributed by atoms with Crippen LogP contribution in [-0.2, 0) is 10.1 Å². The first kappa shape index (κ1) is 16.1. The highest BCUT2D eigenvalue weighted by Crippen LogP contribution is 2.32. The highest BCUT2D eigenvalue weighted by atomic mass is 79.9. The molecule has 0 atom stereocenters. The van der Waals surface area contributed by atoms with Crippen molar-refractivity contribution >= 4 is 65.2 Å². The van der Waals surface area contributed by atoms with E-state index in [0.717, 1.165) is 0 Å². The smallest absolute Gasteiger partial charge is 0.340 e. The van der Waals surface area contributed by atoms with Crippen LogP contribution in [0.3, 0.4) is 0 Å². The molecule has 106 valence electrons. The SMILES string of the molecule is O=S(=O)(Oc1ccc(Cl)cc1Cl)c1cc(Br)ccc1Br. The van der Waals surface area contributed by atoms with Crippen LogP contribution in [0.1, 0.15) is 0 Å². The molecule has 0 N–H and O–H groups in total. The first-order valence-electron chi connectivity index (χ1n) is 5.14. The van der Waals surface area contributed by atoms with Gasteiger partial charge >= 0.3 is 10.1 Å². The monoisotopic (exact) mass is 458 g/mol. The van der Waals surface area contributed by atoms with E-state index < -0.39 is 10.1 Å². The van der Waals surface area contributed by atoms with Gasteiger partial charge in [0.25, 0.3) is 0 Å². The summed E-state index contributed by atoms with van der Waals surface area (Å²) in [6, 6.07) is 9.04. The Labute approximate surface area is 143 Å². The van der Waals surface area contributed by atoms with Gasteiger partial charge in [-0.15, -0.1) is 0 Å². The summed E-state index contributed by atoms with van der Waals surface area (Å²) in [5.41, 5.74) is 0. The van der Waals surface area contributed by atoms with E-state index in [0.29, 0.717) is 14.0 Å². The summed E-state index contributed by atoms with van der Waals surface area (Å²) in [4.78, 5) is -0.00195. The molecule has 0 saturated heterocycles. The largest absolute Gasteiger partial charge is 0.377 e. The maximum Gasteiger partial charge on any atom is 0.340 e. The molecule has 20 heavy (non-hydrogen) atoms. The molecule has 0 amide bonds. The lowest BCUT2D eigenvalue weighted by atomic mass is 10.3. The topological polar surface area (TPSA) is 43.4 Å². The third-order valence-electron chi connectivity index (χ3n) is 2.26. The van der Waals surface area contributed by atoms with Crippen LogP contribution in [0, 0.1) is 0 Å². The molecule has 0 bridgehead atoms. The van der Waals surface area contributed by atoms with E-state index in [1.165, 1.54) is 24.3 Å². The highest BCUT2D eigenvalue weighted by Gasteiger charge is 2.21. The molecule has 0 saturated carbocycles. The van der Waals surface area contributed by atoms with Crippen molar-refractivity contribution in [1.29, 1.82) is 0 Å². The summed E-state index contributed by atoms with van der Waals surface area (Å²) in [6.07, 6.45) is 0. The maximum absolute atomic E-state index is 12.2. The molecule has 2 aromatic rings. The van der Waals surface area contributed by atoms with Crippen molar-refractivity contribution in [3.05, 3.63) is 55.4 Å². The van der Waals surface area contributed by atoms with E-state index in [2.05, 4.69) is 31.9 Å². The standard InChI is InChI=1S/C12H6Br2Cl2O3S/c13-7-1-3-9(14)12(5-7)20(17,18)19-11-4-2-8(15)6-10(11)16/h1-6H. The van der Waals surface area contributed by atoms with Crippen molar-refractivity contribution in [3.8, 4) is 5.75 Å². The summed E-state index contributed by atoms with van der Waals surface area (Å²) in [5, 5.41) is 0.510. The number of hydrogen-bond acceptors (Lipinski definition) is 3. The van der Waals surface area contributed by atoms with Gasteiger partial charge in [0.1, 0.15) is 4.90 Å². The third kappa shape index (κ3) is 3.68. The second-order valence-corrected chi connectivity index (χ2v) is 7.82. The zero-order valence-corrected chi connectivity index (χ0v) is 15.1. The van der Waals surface area contributed by atoms with Crippen LogP contribution in [0.2, 0.25) is 10.0 Å². The van der Waals surface area contributed by atoms with Gasteiger partial charge in [0, 0.05) is 14.0 Å². The molecule has 0 radical (unpaired) electrons. The number of benzene rings is 2. The van der Waals surface area contributed by atoms with E-state index in [4.69, 9.17) is 27.4 Å². The van der Waals surface area contributed by atoms with Crippen molar-refractivity contribution in [1.82, 2.24) is 0 Å². The van der Waals surface area contributed by atoms with E-state index in [1.807, 2.05) is 0 Å². The highest BCUT2D eigenvalue weighted by molar-refractivity contribution is 9.11. The van der Waals surface area contributed by atoms with Crippen LogP contribution < -0.4 is 4.18 Å². The van der Waals surface area contributed by atoms with Crippen molar-refractivity contribution in [2.75, 3.05) is 0 Å². The molecule has 0 aliphatic heterocycles. The second kappa shape index (κ2) is 6.23. The fourth-order valence-electron chi connectivity index (χ4n) is 1.37.